The first-order valence-corrected chi connectivity index (χ1v) is 11.0. The normalized spacial score (nSPS) is 18.9. The summed E-state index contributed by atoms with van der Waals surface area (Å²) in [6.07, 6.45) is 3.30. The van der Waals surface area contributed by atoms with Crippen molar-refractivity contribution in [3.05, 3.63) is 27.7 Å². The number of hydrogen-bond donors (Lipinski definition) is 0. The standard InChI is InChI=1S/C17H26BrClN2O2S/c1-13-6-10-21(11-7-13)14(2)8-9-20(3)24(22,23)15-4-5-17(19)16(18)12-15/h4-5,12-14H,6-11H2,1-3H3. The van der Waals surface area contributed by atoms with E-state index < -0.39 is 10.0 Å². The van der Waals surface area contributed by atoms with Gasteiger partial charge < -0.3 is 4.90 Å². The van der Waals surface area contributed by atoms with Crippen LogP contribution in [0.1, 0.15) is 33.1 Å². The molecular formula is C17H26BrClN2O2S. The molecule has 0 aromatic heterocycles. The molecule has 0 spiro atoms. The second-order valence-corrected chi connectivity index (χ2v) is 10.1. The van der Waals surface area contributed by atoms with E-state index in [4.69, 9.17) is 11.6 Å². The predicted octanol–water partition coefficient (Wildman–Crippen LogP) is 4.23. The molecular weight excluding hydrogens is 412 g/mol. The molecule has 0 radical (unpaired) electrons. The van der Waals surface area contributed by atoms with Crippen molar-refractivity contribution in [2.75, 3.05) is 26.7 Å². The van der Waals surface area contributed by atoms with Gasteiger partial charge in [0.25, 0.3) is 0 Å². The molecule has 0 N–H and O–H groups in total. The summed E-state index contributed by atoms with van der Waals surface area (Å²) in [5, 5.41) is 0.504. The largest absolute Gasteiger partial charge is 0.301 e. The SMILES string of the molecule is CC1CCN(C(C)CCN(C)S(=O)(=O)c2ccc(Cl)c(Br)c2)CC1. The molecule has 1 aromatic carbocycles. The minimum atomic E-state index is -3.49. The molecule has 1 aliphatic heterocycles. The molecule has 1 aliphatic rings. The van der Waals surface area contributed by atoms with Crippen LogP contribution in [0, 0.1) is 5.92 Å². The van der Waals surface area contributed by atoms with E-state index in [1.54, 1.807) is 25.2 Å². The number of benzene rings is 1. The van der Waals surface area contributed by atoms with Gasteiger partial charge in [-0.05, 0) is 79.3 Å². The Kier molecular flexibility index (Phi) is 7.14. The molecule has 1 atom stereocenters. The summed E-state index contributed by atoms with van der Waals surface area (Å²) < 4.78 is 27.4. The maximum Gasteiger partial charge on any atom is 0.242 e. The van der Waals surface area contributed by atoms with Crippen molar-refractivity contribution in [3.63, 3.8) is 0 Å². The predicted molar refractivity (Wildman–Crippen MR) is 103 cm³/mol. The van der Waals surface area contributed by atoms with Crippen LogP contribution in [-0.4, -0.2) is 50.3 Å². The highest BCUT2D eigenvalue weighted by Gasteiger charge is 2.24. The zero-order valence-corrected chi connectivity index (χ0v) is 17.7. The second kappa shape index (κ2) is 8.49. The van der Waals surface area contributed by atoms with E-state index >= 15 is 0 Å². The Morgan fingerprint density at radius 3 is 2.58 bits per heavy atom. The van der Waals surface area contributed by atoms with Crippen molar-refractivity contribution in [3.8, 4) is 0 Å². The van der Waals surface area contributed by atoms with E-state index in [0.29, 0.717) is 22.1 Å². The molecule has 2 rings (SSSR count). The van der Waals surface area contributed by atoms with Crippen LogP contribution >= 0.6 is 27.5 Å². The number of hydrogen-bond acceptors (Lipinski definition) is 3. The van der Waals surface area contributed by atoms with Crippen molar-refractivity contribution >= 4 is 37.6 Å². The lowest BCUT2D eigenvalue weighted by Gasteiger charge is -2.35. The zero-order valence-electron chi connectivity index (χ0n) is 14.5. The average molecular weight is 438 g/mol. The summed E-state index contributed by atoms with van der Waals surface area (Å²) in [6, 6.07) is 5.11. The molecule has 1 aromatic rings. The monoisotopic (exact) mass is 436 g/mol. The molecule has 0 amide bonds. The van der Waals surface area contributed by atoms with Crippen LogP contribution in [0.2, 0.25) is 5.02 Å². The van der Waals surface area contributed by atoms with Gasteiger partial charge in [-0.15, -0.1) is 0 Å². The quantitative estimate of drug-likeness (QED) is 0.668. The maximum atomic E-state index is 12.7. The van der Waals surface area contributed by atoms with E-state index in [2.05, 4.69) is 34.7 Å². The van der Waals surface area contributed by atoms with Gasteiger partial charge in [0, 0.05) is 24.1 Å². The molecule has 7 heteroatoms. The Hall–Kier alpha value is -0.140. The summed E-state index contributed by atoms with van der Waals surface area (Å²) in [4.78, 5) is 2.74. The number of halogens is 2. The molecule has 0 aliphatic carbocycles. The second-order valence-electron chi connectivity index (χ2n) is 6.76. The third-order valence-electron chi connectivity index (χ3n) is 4.90. The fraction of sp³-hybridized carbons (Fsp3) is 0.647. The third kappa shape index (κ3) is 4.94. The smallest absolute Gasteiger partial charge is 0.242 e. The van der Waals surface area contributed by atoms with Crippen molar-refractivity contribution in [2.24, 2.45) is 5.92 Å². The minimum absolute atomic E-state index is 0.265. The molecule has 24 heavy (non-hydrogen) atoms. The molecule has 1 heterocycles. The van der Waals surface area contributed by atoms with Gasteiger partial charge in [0.15, 0.2) is 0 Å². The topological polar surface area (TPSA) is 40.6 Å². The zero-order chi connectivity index (χ0) is 17.9. The van der Waals surface area contributed by atoms with Crippen LogP contribution in [0.4, 0.5) is 0 Å². The van der Waals surface area contributed by atoms with E-state index in [-0.39, 0.29) is 4.90 Å². The van der Waals surface area contributed by atoms with Gasteiger partial charge in [-0.1, -0.05) is 18.5 Å². The highest BCUT2D eigenvalue weighted by Crippen LogP contribution is 2.27. The first kappa shape index (κ1) is 20.2. The van der Waals surface area contributed by atoms with Gasteiger partial charge in [0.1, 0.15) is 0 Å². The molecule has 4 nitrogen and oxygen atoms in total. The van der Waals surface area contributed by atoms with E-state index in [1.165, 1.54) is 17.1 Å². The summed E-state index contributed by atoms with van der Waals surface area (Å²) in [6.45, 7) is 7.23. The van der Waals surface area contributed by atoms with Crippen LogP contribution in [0.3, 0.4) is 0 Å². The van der Waals surface area contributed by atoms with Gasteiger partial charge in [0.05, 0.1) is 9.92 Å². The number of sulfonamides is 1. The molecule has 1 fully saturated rings. The molecule has 1 saturated heterocycles. The molecule has 136 valence electrons. The lowest BCUT2D eigenvalue weighted by molar-refractivity contribution is 0.138. The van der Waals surface area contributed by atoms with Gasteiger partial charge in [0.2, 0.25) is 10.0 Å². The summed E-state index contributed by atoms with van der Waals surface area (Å²) in [7, 11) is -1.85. The fourth-order valence-electron chi connectivity index (χ4n) is 2.96. The van der Waals surface area contributed by atoms with Gasteiger partial charge in [-0.3, -0.25) is 0 Å². The Balaban J connectivity index is 1.95. The van der Waals surface area contributed by atoms with Crippen LogP contribution < -0.4 is 0 Å². The summed E-state index contributed by atoms with van der Waals surface area (Å²) in [5.41, 5.74) is 0. The van der Waals surface area contributed by atoms with Crippen molar-refractivity contribution in [1.29, 1.82) is 0 Å². The Labute approximate surface area is 159 Å². The van der Waals surface area contributed by atoms with E-state index in [0.717, 1.165) is 25.4 Å². The van der Waals surface area contributed by atoms with Gasteiger partial charge in [-0.2, -0.15) is 0 Å². The number of rotatable bonds is 6. The van der Waals surface area contributed by atoms with Crippen LogP contribution in [-0.2, 0) is 10.0 Å². The fourth-order valence-corrected chi connectivity index (χ4v) is 4.82. The Bertz CT molecular complexity index is 661. The minimum Gasteiger partial charge on any atom is -0.301 e. The van der Waals surface area contributed by atoms with Gasteiger partial charge >= 0.3 is 0 Å². The Morgan fingerprint density at radius 2 is 2.00 bits per heavy atom. The molecule has 1 unspecified atom stereocenters. The number of nitrogens with zero attached hydrogens (tertiary/aromatic N) is 2. The first-order chi connectivity index (χ1) is 11.2. The molecule has 0 saturated carbocycles. The highest BCUT2D eigenvalue weighted by atomic mass is 79.9. The summed E-state index contributed by atoms with van der Waals surface area (Å²) >= 11 is 9.23. The third-order valence-corrected chi connectivity index (χ3v) is 7.97. The van der Waals surface area contributed by atoms with Crippen LogP contribution in [0.5, 0.6) is 0 Å². The van der Waals surface area contributed by atoms with Crippen LogP contribution in [0.25, 0.3) is 0 Å². The first-order valence-electron chi connectivity index (χ1n) is 8.37. The lowest BCUT2D eigenvalue weighted by Crippen LogP contribution is -2.41. The summed E-state index contributed by atoms with van der Waals surface area (Å²) in [5.74, 6) is 0.805. The van der Waals surface area contributed by atoms with Gasteiger partial charge in [-0.25, -0.2) is 12.7 Å². The van der Waals surface area contributed by atoms with Crippen molar-refractivity contribution < 1.29 is 8.42 Å². The Morgan fingerprint density at radius 1 is 1.38 bits per heavy atom. The maximum absolute atomic E-state index is 12.7. The highest BCUT2D eigenvalue weighted by molar-refractivity contribution is 9.10. The lowest BCUT2D eigenvalue weighted by atomic mass is 9.97. The van der Waals surface area contributed by atoms with Crippen LogP contribution in [0.15, 0.2) is 27.6 Å². The van der Waals surface area contributed by atoms with E-state index in [1.807, 2.05) is 0 Å². The number of piperidine rings is 1. The van der Waals surface area contributed by atoms with Crippen molar-refractivity contribution in [1.82, 2.24) is 9.21 Å². The van der Waals surface area contributed by atoms with E-state index in [9.17, 15) is 8.42 Å². The number of likely N-dealkylation sites (tertiary alicyclic amines) is 1. The molecule has 0 bridgehead atoms. The average Bonchev–Trinajstić information content (AvgIpc) is 2.55. The van der Waals surface area contributed by atoms with Crippen molar-refractivity contribution in [2.45, 2.75) is 44.0 Å².